The summed E-state index contributed by atoms with van der Waals surface area (Å²) < 4.78 is 11.0. The molecule has 0 aromatic rings. The third-order valence-corrected chi connectivity index (χ3v) is 6.52. The fraction of sp³-hybridized carbons (Fsp3) is 0.842. The number of hydrogen-bond donors (Lipinski definition) is 1. The van der Waals surface area contributed by atoms with Gasteiger partial charge in [-0.15, -0.1) is 0 Å². The van der Waals surface area contributed by atoms with Crippen LogP contribution in [0.5, 0.6) is 0 Å². The number of ether oxygens (including phenoxy) is 2. The number of aliphatic hydroxyl groups is 1. The van der Waals surface area contributed by atoms with E-state index >= 15 is 0 Å². The molecule has 3 aliphatic carbocycles. The molecule has 0 aromatic carbocycles. The fourth-order valence-electron chi connectivity index (χ4n) is 5.07. The number of carbonyl (C=O) groups is 1. The van der Waals surface area contributed by atoms with E-state index in [1.165, 1.54) is 5.57 Å². The minimum Gasteiger partial charge on any atom is -0.393 e. The van der Waals surface area contributed by atoms with Crippen molar-refractivity contribution in [2.24, 2.45) is 23.2 Å². The van der Waals surface area contributed by atoms with Crippen LogP contribution in [0.3, 0.4) is 0 Å². The topological polar surface area (TPSA) is 55.8 Å². The lowest BCUT2D eigenvalue weighted by Crippen LogP contribution is -2.46. The van der Waals surface area contributed by atoms with Crippen molar-refractivity contribution in [1.82, 2.24) is 0 Å². The van der Waals surface area contributed by atoms with Gasteiger partial charge in [0.15, 0.2) is 5.78 Å². The molecule has 0 spiro atoms. The van der Waals surface area contributed by atoms with Crippen molar-refractivity contribution in [3.63, 3.8) is 0 Å². The highest BCUT2D eigenvalue weighted by Crippen LogP contribution is 2.52. The maximum absolute atomic E-state index is 13.3. The second-order valence-corrected chi connectivity index (χ2v) is 8.00. The van der Waals surface area contributed by atoms with Crippen LogP contribution in [0.2, 0.25) is 0 Å². The number of Topliss-reactive ketones (excluding diaryl/α,β-unsaturated/α-hetero) is 1. The first-order valence-corrected chi connectivity index (χ1v) is 8.98. The van der Waals surface area contributed by atoms with Gasteiger partial charge in [0.25, 0.3) is 0 Å². The molecular formula is C19H30O4. The minimum absolute atomic E-state index is 0.0213. The van der Waals surface area contributed by atoms with Crippen molar-refractivity contribution in [1.29, 1.82) is 0 Å². The molecule has 0 aliphatic heterocycles. The molecule has 2 fully saturated rings. The fourth-order valence-corrected chi connectivity index (χ4v) is 5.07. The van der Waals surface area contributed by atoms with Crippen LogP contribution in [0.4, 0.5) is 0 Å². The number of carbonyl (C=O) groups excluding carboxylic acids is 1. The predicted molar refractivity (Wildman–Crippen MR) is 87.8 cm³/mol. The summed E-state index contributed by atoms with van der Waals surface area (Å²) >= 11 is 0. The van der Waals surface area contributed by atoms with Crippen molar-refractivity contribution in [3.8, 4) is 0 Å². The first-order valence-electron chi connectivity index (χ1n) is 8.98. The van der Waals surface area contributed by atoms with Crippen molar-refractivity contribution in [2.45, 2.75) is 64.6 Å². The number of rotatable bonds is 3. The van der Waals surface area contributed by atoms with Gasteiger partial charge in [-0.25, -0.2) is 0 Å². The normalized spacial score (nSPS) is 42.2. The highest BCUT2D eigenvalue weighted by atomic mass is 16.7. The van der Waals surface area contributed by atoms with E-state index in [4.69, 9.17) is 9.47 Å². The zero-order chi connectivity index (χ0) is 16.6. The second-order valence-electron chi connectivity index (χ2n) is 8.00. The van der Waals surface area contributed by atoms with Gasteiger partial charge in [0.05, 0.1) is 6.10 Å². The highest BCUT2D eigenvalue weighted by molar-refractivity contribution is 5.86. The third kappa shape index (κ3) is 3.01. The Kier molecular flexibility index (Phi) is 4.96. The zero-order valence-electron chi connectivity index (χ0n) is 14.6. The van der Waals surface area contributed by atoms with Crippen LogP contribution in [-0.4, -0.2) is 37.0 Å². The van der Waals surface area contributed by atoms with Crippen molar-refractivity contribution >= 4 is 5.78 Å². The molecule has 5 atom stereocenters. The van der Waals surface area contributed by atoms with E-state index in [1.807, 2.05) is 0 Å². The van der Waals surface area contributed by atoms with Crippen LogP contribution < -0.4 is 0 Å². The van der Waals surface area contributed by atoms with Crippen LogP contribution >= 0.6 is 0 Å². The van der Waals surface area contributed by atoms with Gasteiger partial charge in [-0.2, -0.15) is 0 Å². The van der Waals surface area contributed by atoms with Crippen LogP contribution in [0.1, 0.15) is 52.4 Å². The number of fused-ring (bicyclic) bond motifs is 3. The number of ketones is 1. The van der Waals surface area contributed by atoms with Crippen LogP contribution in [-0.2, 0) is 14.3 Å². The number of allylic oxidation sites excluding steroid dienone is 2. The van der Waals surface area contributed by atoms with Crippen LogP contribution in [0.15, 0.2) is 11.6 Å². The Morgan fingerprint density at radius 2 is 2.09 bits per heavy atom. The molecule has 3 aliphatic rings. The SMILES string of the molecule is COCO[C@H]1C(=O)[C@@H]2CCC[C@H](O)[C@@H]2C/C=C2\CC[C@H]1C2(C)C. The lowest BCUT2D eigenvalue weighted by molar-refractivity contribution is -0.157. The highest BCUT2D eigenvalue weighted by Gasteiger charge is 2.50. The van der Waals surface area contributed by atoms with E-state index in [-0.39, 0.29) is 41.8 Å². The molecule has 0 unspecified atom stereocenters. The Morgan fingerprint density at radius 1 is 1.30 bits per heavy atom. The Balaban J connectivity index is 1.97. The van der Waals surface area contributed by atoms with Gasteiger partial charge in [0.2, 0.25) is 0 Å². The van der Waals surface area contributed by atoms with Gasteiger partial charge in [0.1, 0.15) is 12.9 Å². The van der Waals surface area contributed by atoms with Crippen molar-refractivity contribution in [3.05, 3.63) is 11.6 Å². The molecular weight excluding hydrogens is 292 g/mol. The number of hydrogen-bond acceptors (Lipinski definition) is 4. The standard InChI is InChI=1S/C19H30O4/c1-19(2)12-7-9-13-14(5-4-6-16(13)20)17(21)18(23-11-22-3)15(19)10-8-12/h7,13-16,18,20H,4-6,8-11H2,1-3H3/b12-7+/t13-,14-,15-,16+,18-/m1/s1. The summed E-state index contributed by atoms with van der Waals surface area (Å²) in [7, 11) is 1.60. The Morgan fingerprint density at radius 3 is 2.83 bits per heavy atom. The monoisotopic (exact) mass is 322 g/mol. The second kappa shape index (κ2) is 6.66. The molecule has 23 heavy (non-hydrogen) atoms. The van der Waals surface area contributed by atoms with Crippen molar-refractivity contribution in [2.75, 3.05) is 13.9 Å². The maximum Gasteiger partial charge on any atom is 0.165 e. The molecule has 3 rings (SSSR count). The van der Waals surface area contributed by atoms with Crippen molar-refractivity contribution < 1.29 is 19.4 Å². The molecule has 0 heterocycles. The number of methoxy groups -OCH3 is 1. The van der Waals surface area contributed by atoms with E-state index in [0.29, 0.717) is 0 Å². The van der Waals surface area contributed by atoms with E-state index in [9.17, 15) is 9.90 Å². The lowest BCUT2D eigenvalue weighted by Gasteiger charge is -2.38. The van der Waals surface area contributed by atoms with Gasteiger partial charge in [0, 0.05) is 18.9 Å². The molecule has 0 radical (unpaired) electrons. The summed E-state index contributed by atoms with van der Waals surface area (Å²) in [5, 5.41) is 10.4. The largest absolute Gasteiger partial charge is 0.393 e. The van der Waals surface area contributed by atoms with Gasteiger partial charge < -0.3 is 14.6 Å². The Hall–Kier alpha value is -0.710. The Labute approximate surface area is 139 Å². The van der Waals surface area contributed by atoms with Gasteiger partial charge in [-0.05, 0) is 43.4 Å². The third-order valence-electron chi connectivity index (χ3n) is 6.52. The maximum atomic E-state index is 13.3. The summed E-state index contributed by atoms with van der Waals surface area (Å²) in [6.07, 6.45) is 7.01. The lowest BCUT2D eigenvalue weighted by atomic mass is 9.70. The van der Waals surface area contributed by atoms with Gasteiger partial charge in [-0.3, -0.25) is 4.79 Å². The average Bonchev–Trinajstić information content (AvgIpc) is 2.82. The molecule has 1 N–H and O–H groups in total. The molecule has 4 heteroatoms. The van der Waals surface area contributed by atoms with E-state index in [0.717, 1.165) is 38.5 Å². The molecule has 130 valence electrons. The molecule has 0 saturated heterocycles. The molecule has 0 aromatic heterocycles. The van der Waals surface area contributed by atoms with Crippen LogP contribution in [0, 0.1) is 23.2 Å². The zero-order valence-corrected chi connectivity index (χ0v) is 14.6. The summed E-state index contributed by atoms with van der Waals surface area (Å²) in [6.45, 7) is 4.62. The summed E-state index contributed by atoms with van der Waals surface area (Å²) in [5.74, 6) is 0.370. The van der Waals surface area contributed by atoms with E-state index in [2.05, 4.69) is 19.9 Å². The summed E-state index contributed by atoms with van der Waals surface area (Å²) in [4.78, 5) is 13.3. The molecule has 2 saturated carbocycles. The number of aliphatic hydroxyl groups excluding tert-OH is 1. The first-order chi connectivity index (χ1) is 11.0. The van der Waals surface area contributed by atoms with E-state index in [1.54, 1.807) is 7.11 Å². The average molecular weight is 322 g/mol. The molecule has 4 nitrogen and oxygen atoms in total. The van der Waals surface area contributed by atoms with E-state index < -0.39 is 6.10 Å². The van der Waals surface area contributed by atoms with Gasteiger partial charge >= 0.3 is 0 Å². The van der Waals surface area contributed by atoms with Crippen LogP contribution in [0.25, 0.3) is 0 Å². The summed E-state index contributed by atoms with van der Waals surface area (Å²) in [5.41, 5.74) is 1.41. The quantitative estimate of drug-likeness (QED) is 0.641. The first kappa shape index (κ1) is 17.1. The smallest absolute Gasteiger partial charge is 0.165 e. The van der Waals surface area contributed by atoms with Gasteiger partial charge in [-0.1, -0.05) is 31.9 Å². The molecule has 0 amide bonds. The Bertz CT molecular complexity index is 482. The summed E-state index contributed by atoms with van der Waals surface area (Å²) in [6, 6.07) is 0. The minimum atomic E-state index is -0.410. The predicted octanol–water partition coefficient (Wildman–Crippen LogP) is 3.09. The molecule has 2 bridgehead atoms.